The minimum atomic E-state index is -0.891. The summed E-state index contributed by atoms with van der Waals surface area (Å²) in [6, 6.07) is 4.45. The first-order chi connectivity index (χ1) is 14.7. The van der Waals surface area contributed by atoms with Crippen LogP contribution in [0.4, 0.5) is 0 Å². The van der Waals surface area contributed by atoms with Crippen molar-refractivity contribution in [3.63, 3.8) is 0 Å². The van der Waals surface area contributed by atoms with Gasteiger partial charge in [-0.15, -0.1) is 5.10 Å². The molecule has 156 valence electrons. The second kappa shape index (κ2) is 7.54. The largest absolute Gasteiger partial charge is 0.359 e. The number of H-pyrrole nitrogens is 3. The minimum Gasteiger partial charge on any atom is -0.359 e. The zero-order valence-electron chi connectivity index (χ0n) is 16.1. The van der Waals surface area contributed by atoms with E-state index >= 15 is 0 Å². The number of benzene rings is 1. The molecule has 0 bridgehead atoms. The van der Waals surface area contributed by atoms with E-state index in [4.69, 9.17) is 28.5 Å². The summed E-state index contributed by atoms with van der Waals surface area (Å²) < 4.78 is 0.823. The van der Waals surface area contributed by atoms with Gasteiger partial charge in [-0.25, -0.2) is 9.89 Å². The molecule has 0 spiro atoms. The Labute approximate surface area is 183 Å². The molecule has 0 aliphatic heterocycles. The van der Waals surface area contributed by atoms with E-state index in [1.807, 2.05) is 18.8 Å². The number of hydrogen-bond donors (Lipinski definition) is 3. The number of aromatic nitrogens is 6. The van der Waals surface area contributed by atoms with Gasteiger partial charge in [0.25, 0.3) is 11.1 Å². The van der Waals surface area contributed by atoms with Crippen LogP contribution in [0.3, 0.4) is 0 Å². The van der Waals surface area contributed by atoms with Crippen LogP contribution in [0.15, 0.2) is 32.7 Å². The van der Waals surface area contributed by atoms with Crippen LogP contribution in [0.2, 0.25) is 10.0 Å². The summed E-state index contributed by atoms with van der Waals surface area (Å²) in [7, 11) is 0. The Morgan fingerprint density at radius 2 is 1.81 bits per heavy atom. The van der Waals surface area contributed by atoms with E-state index in [-0.39, 0.29) is 27.2 Å². The Balaban J connectivity index is 1.94. The first-order valence-corrected chi connectivity index (χ1v) is 9.71. The molecule has 0 aliphatic carbocycles. The van der Waals surface area contributed by atoms with Crippen molar-refractivity contribution in [3.05, 3.63) is 70.8 Å². The summed E-state index contributed by atoms with van der Waals surface area (Å²) >= 11 is 13.0. The van der Waals surface area contributed by atoms with Crippen molar-refractivity contribution in [2.45, 2.75) is 19.8 Å². The van der Waals surface area contributed by atoms with Crippen LogP contribution in [0.25, 0.3) is 27.8 Å². The zero-order valence-corrected chi connectivity index (χ0v) is 17.6. The van der Waals surface area contributed by atoms with Crippen molar-refractivity contribution in [1.82, 2.24) is 29.9 Å². The van der Waals surface area contributed by atoms with E-state index in [9.17, 15) is 14.4 Å². The molecule has 0 aliphatic rings. The van der Waals surface area contributed by atoms with Crippen LogP contribution in [0.5, 0.6) is 0 Å². The number of hydrogen-bond acceptors (Lipinski definition) is 6. The van der Waals surface area contributed by atoms with Crippen LogP contribution in [0, 0.1) is 11.3 Å². The summed E-state index contributed by atoms with van der Waals surface area (Å²) in [6.07, 6.45) is 1.64. The number of nitriles is 1. The third-order valence-corrected chi connectivity index (χ3v) is 5.28. The van der Waals surface area contributed by atoms with Crippen LogP contribution < -0.4 is 16.8 Å². The fourth-order valence-electron chi connectivity index (χ4n) is 3.35. The van der Waals surface area contributed by atoms with Crippen LogP contribution in [-0.2, 0) is 0 Å². The Morgan fingerprint density at radius 3 is 2.42 bits per heavy atom. The molecule has 0 saturated heterocycles. The van der Waals surface area contributed by atoms with Crippen molar-refractivity contribution in [3.8, 4) is 22.9 Å². The van der Waals surface area contributed by atoms with Crippen molar-refractivity contribution in [1.29, 1.82) is 5.26 Å². The number of rotatable bonds is 3. The standard InChI is InChI=1S/C19H13Cl2N7O3/c1-7(2)13-16-15(25-26-18(13)30)9(6-23-16)14-10(20)3-8(4-11(14)21)28-19(31)24-17(29)12(5-22)27-28/h3-4,6-7,23H,1-2H3,(H,26,30)(H,24,29,31). The van der Waals surface area contributed by atoms with E-state index in [0.29, 0.717) is 27.7 Å². The van der Waals surface area contributed by atoms with Crippen LogP contribution in [0.1, 0.15) is 31.0 Å². The lowest BCUT2D eigenvalue weighted by molar-refractivity contribution is 0.740. The molecule has 31 heavy (non-hydrogen) atoms. The first kappa shape index (κ1) is 20.6. The van der Waals surface area contributed by atoms with Gasteiger partial charge in [0.05, 0.1) is 21.2 Å². The molecule has 0 fully saturated rings. The van der Waals surface area contributed by atoms with E-state index in [1.165, 1.54) is 12.1 Å². The second-order valence-electron chi connectivity index (χ2n) is 6.96. The first-order valence-electron chi connectivity index (χ1n) is 8.96. The van der Waals surface area contributed by atoms with Crippen LogP contribution >= 0.6 is 23.2 Å². The van der Waals surface area contributed by atoms with Gasteiger partial charge in [0, 0.05) is 22.9 Å². The quantitative estimate of drug-likeness (QED) is 0.429. The predicted octanol–water partition coefficient (Wildman–Crippen LogP) is 2.45. The van der Waals surface area contributed by atoms with Gasteiger partial charge in [-0.1, -0.05) is 37.0 Å². The molecule has 4 rings (SSSR count). The fraction of sp³-hybridized carbons (Fsp3) is 0.158. The maximum absolute atomic E-state index is 12.2. The highest BCUT2D eigenvalue weighted by molar-refractivity contribution is 6.40. The monoisotopic (exact) mass is 457 g/mol. The van der Waals surface area contributed by atoms with Gasteiger partial charge in [-0.3, -0.25) is 14.6 Å². The van der Waals surface area contributed by atoms with Gasteiger partial charge in [0.1, 0.15) is 11.6 Å². The molecule has 3 heterocycles. The normalized spacial score (nSPS) is 11.2. The highest BCUT2D eigenvalue weighted by Crippen LogP contribution is 2.39. The molecule has 0 atom stereocenters. The topological polar surface area (TPSA) is 153 Å². The highest BCUT2D eigenvalue weighted by Gasteiger charge is 2.21. The summed E-state index contributed by atoms with van der Waals surface area (Å²) in [4.78, 5) is 41.0. The Bertz CT molecular complexity index is 1550. The van der Waals surface area contributed by atoms with Gasteiger partial charge in [0.15, 0.2) is 0 Å². The van der Waals surface area contributed by atoms with Gasteiger partial charge >= 0.3 is 5.69 Å². The lowest BCUT2D eigenvalue weighted by Crippen LogP contribution is -2.33. The molecule has 0 unspecified atom stereocenters. The van der Waals surface area contributed by atoms with E-state index in [1.54, 1.807) is 12.3 Å². The Hall–Kier alpha value is -3.68. The molecule has 4 aromatic rings. The lowest BCUT2D eigenvalue weighted by atomic mass is 10.0. The maximum atomic E-state index is 12.2. The average molecular weight is 458 g/mol. The van der Waals surface area contributed by atoms with E-state index < -0.39 is 16.9 Å². The van der Waals surface area contributed by atoms with Gasteiger partial charge in [-0.2, -0.15) is 15.0 Å². The number of fused-ring (bicyclic) bond motifs is 1. The third-order valence-electron chi connectivity index (χ3n) is 4.69. The van der Waals surface area contributed by atoms with Crippen molar-refractivity contribution in [2.24, 2.45) is 0 Å². The fourth-order valence-corrected chi connectivity index (χ4v) is 4.03. The molecule has 0 radical (unpaired) electrons. The van der Waals surface area contributed by atoms with Gasteiger partial charge in [0.2, 0.25) is 5.69 Å². The maximum Gasteiger partial charge on any atom is 0.349 e. The highest BCUT2D eigenvalue weighted by atomic mass is 35.5. The van der Waals surface area contributed by atoms with Gasteiger partial charge in [-0.05, 0) is 18.1 Å². The molecule has 0 saturated carbocycles. The van der Waals surface area contributed by atoms with Gasteiger partial charge < -0.3 is 4.98 Å². The second-order valence-corrected chi connectivity index (χ2v) is 7.78. The summed E-state index contributed by atoms with van der Waals surface area (Å²) in [5.74, 6) is -0.0541. The zero-order chi connectivity index (χ0) is 22.4. The number of halogens is 2. The van der Waals surface area contributed by atoms with E-state index in [2.05, 4.69) is 20.3 Å². The molecule has 0 amide bonds. The molecule has 1 aromatic carbocycles. The van der Waals surface area contributed by atoms with Crippen molar-refractivity contribution in [2.75, 3.05) is 0 Å². The number of aromatic amines is 3. The average Bonchev–Trinajstić information content (AvgIpc) is 3.10. The molecule has 3 N–H and O–H groups in total. The summed E-state index contributed by atoms with van der Waals surface area (Å²) in [5, 5.41) is 19.7. The molecule has 12 heteroatoms. The Kier molecular flexibility index (Phi) is 5.00. The molecule has 3 aromatic heterocycles. The summed E-state index contributed by atoms with van der Waals surface area (Å²) in [5.41, 5.74) is 0.206. The smallest absolute Gasteiger partial charge is 0.349 e. The lowest BCUT2D eigenvalue weighted by Gasteiger charge is -2.10. The Morgan fingerprint density at radius 1 is 1.13 bits per heavy atom. The van der Waals surface area contributed by atoms with Crippen molar-refractivity contribution < 1.29 is 0 Å². The molecular formula is C19H13Cl2N7O3. The molecular weight excluding hydrogens is 445 g/mol. The number of nitrogens with zero attached hydrogens (tertiary/aromatic N) is 4. The van der Waals surface area contributed by atoms with Crippen LogP contribution in [-0.4, -0.2) is 29.9 Å². The van der Waals surface area contributed by atoms with Crippen molar-refractivity contribution >= 4 is 34.2 Å². The third kappa shape index (κ3) is 3.34. The SMILES string of the molecule is CC(C)c1c(=O)[nH]nc2c(-c3c(Cl)cc(-n4nc(C#N)c(=O)[nH]c4=O)cc3Cl)c[nH]c12. The molecule has 10 nitrogen and oxygen atoms in total. The number of nitrogens with one attached hydrogen (secondary N) is 3. The predicted molar refractivity (Wildman–Crippen MR) is 115 cm³/mol. The minimum absolute atomic E-state index is 0.0541. The summed E-state index contributed by atoms with van der Waals surface area (Å²) in [6.45, 7) is 3.79. The van der Waals surface area contributed by atoms with E-state index in [0.717, 1.165) is 4.68 Å².